The van der Waals surface area contributed by atoms with Gasteiger partial charge >= 0.3 is 0 Å². The molecular weight excluding hydrogens is 540 g/mol. The summed E-state index contributed by atoms with van der Waals surface area (Å²) in [5, 5.41) is 10.1. The fourth-order valence-electron chi connectivity index (χ4n) is 7.77. The largest absolute Gasteiger partial charge is 0.450 e. The topological polar surface area (TPSA) is 27.8 Å². The number of fused-ring (bicyclic) bond motifs is 15. The van der Waals surface area contributed by atoms with Gasteiger partial charge in [-0.1, -0.05) is 91.0 Å². The minimum absolute atomic E-state index is 0.710. The van der Waals surface area contributed by atoms with E-state index in [1.165, 1.54) is 65.2 Å². The molecule has 4 nitrogen and oxygen atoms in total. The highest BCUT2D eigenvalue weighted by Gasteiger charge is 2.26. The molecule has 0 fully saturated rings. The van der Waals surface area contributed by atoms with Crippen molar-refractivity contribution >= 4 is 70.7 Å². The Morgan fingerprint density at radius 3 is 1.73 bits per heavy atom. The summed E-state index contributed by atoms with van der Waals surface area (Å²) in [6.07, 6.45) is 0. The predicted molar refractivity (Wildman–Crippen MR) is 180 cm³/mol. The Kier molecular flexibility index (Phi) is 4.04. The molecule has 0 saturated carbocycles. The number of benzene rings is 7. The summed E-state index contributed by atoms with van der Waals surface area (Å²) in [4.78, 5) is 0. The first-order valence-electron chi connectivity index (χ1n) is 14.9. The van der Waals surface area contributed by atoms with Gasteiger partial charge in [-0.15, -0.1) is 0 Å². The van der Waals surface area contributed by atoms with Crippen molar-refractivity contribution in [3.05, 3.63) is 133 Å². The van der Waals surface area contributed by atoms with Crippen molar-refractivity contribution in [1.82, 2.24) is 8.97 Å². The van der Waals surface area contributed by atoms with Crippen LogP contribution in [0.4, 0.5) is 0 Å². The van der Waals surface area contributed by atoms with Crippen LogP contribution in [0.5, 0.6) is 23.0 Å². The van der Waals surface area contributed by atoms with E-state index >= 15 is 0 Å². The molecular formula is C40H22N2O2. The molecule has 4 heteroatoms. The molecule has 1 aliphatic rings. The van der Waals surface area contributed by atoms with Crippen molar-refractivity contribution in [3.63, 3.8) is 0 Å². The molecule has 0 unspecified atom stereocenters. The minimum Gasteiger partial charge on any atom is -0.450 e. The molecule has 44 heavy (non-hydrogen) atoms. The lowest BCUT2D eigenvalue weighted by Crippen LogP contribution is -2.01. The van der Waals surface area contributed by atoms with Crippen LogP contribution in [-0.2, 0) is 0 Å². The third-order valence-electron chi connectivity index (χ3n) is 9.46. The van der Waals surface area contributed by atoms with Gasteiger partial charge in [0, 0.05) is 38.4 Å². The first-order chi connectivity index (χ1) is 21.8. The van der Waals surface area contributed by atoms with Crippen LogP contribution in [-0.4, -0.2) is 8.97 Å². The first kappa shape index (κ1) is 22.6. The molecule has 0 aliphatic carbocycles. The van der Waals surface area contributed by atoms with Crippen molar-refractivity contribution in [2.24, 2.45) is 0 Å². The zero-order chi connectivity index (χ0) is 28.5. The minimum atomic E-state index is 0.710. The Balaban J connectivity index is 1.38. The molecule has 0 bridgehead atoms. The lowest BCUT2D eigenvalue weighted by atomic mass is 9.98. The van der Waals surface area contributed by atoms with Gasteiger partial charge in [0.05, 0.1) is 33.3 Å². The van der Waals surface area contributed by atoms with Gasteiger partial charge in [-0.05, 0) is 47.2 Å². The van der Waals surface area contributed by atoms with Crippen LogP contribution in [0.2, 0.25) is 0 Å². The molecule has 0 N–H and O–H groups in total. The van der Waals surface area contributed by atoms with E-state index in [0.717, 1.165) is 28.5 Å². The molecule has 0 radical (unpaired) electrons. The standard InChI is InChI=1S/C40H22N2O2/c1-2-12-26-25(11-1)36-28-13-4-6-17-31(28)41(23-20-21-34-35(22-23)44-33-19-8-7-18-32(33)43-34)39(36)40-37(26)29-15-9-14-27-24-10-3-5-16-30(24)42(40)38(27)29/h1-22H. The molecule has 204 valence electrons. The Bertz CT molecular complexity index is 2830. The van der Waals surface area contributed by atoms with Gasteiger partial charge in [-0.25, -0.2) is 0 Å². The van der Waals surface area contributed by atoms with E-state index in [1.807, 2.05) is 30.3 Å². The van der Waals surface area contributed by atoms with Gasteiger partial charge in [-0.3, -0.25) is 0 Å². The SMILES string of the molecule is c1ccc2c(c1)Oc1ccc(-n3c4ccccc4c4c5ccccc5c5c6cccc7c8ccccc8n(c76)c5c43)cc1O2. The fraction of sp³-hybridized carbons (Fsp3) is 0. The average molecular weight is 563 g/mol. The maximum absolute atomic E-state index is 6.40. The number of hydrogen-bond donors (Lipinski definition) is 0. The van der Waals surface area contributed by atoms with E-state index in [4.69, 9.17) is 9.47 Å². The van der Waals surface area contributed by atoms with Gasteiger partial charge in [0.2, 0.25) is 0 Å². The highest BCUT2D eigenvalue weighted by molar-refractivity contribution is 6.38. The molecule has 0 amide bonds. The van der Waals surface area contributed by atoms with E-state index in [9.17, 15) is 0 Å². The van der Waals surface area contributed by atoms with Crippen molar-refractivity contribution in [2.75, 3.05) is 0 Å². The maximum atomic E-state index is 6.40. The van der Waals surface area contributed by atoms with Crippen molar-refractivity contribution in [1.29, 1.82) is 0 Å². The van der Waals surface area contributed by atoms with Gasteiger partial charge in [0.25, 0.3) is 0 Å². The molecule has 7 aromatic carbocycles. The van der Waals surface area contributed by atoms with Gasteiger partial charge in [0.15, 0.2) is 23.0 Å². The summed E-state index contributed by atoms with van der Waals surface area (Å²) in [6, 6.07) is 47.3. The second-order valence-electron chi connectivity index (χ2n) is 11.7. The normalized spacial score (nSPS) is 12.9. The van der Waals surface area contributed by atoms with Crippen LogP contribution in [0, 0.1) is 0 Å². The van der Waals surface area contributed by atoms with Gasteiger partial charge < -0.3 is 18.4 Å². The van der Waals surface area contributed by atoms with Crippen molar-refractivity contribution in [2.45, 2.75) is 0 Å². The highest BCUT2D eigenvalue weighted by atomic mass is 16.6. The molecule has 4 heterocycles. The van der Waals surface area contributed by atoms with Gasteiger partial charge in [-0.2, -0.15) is 0 Å². The van der Waals surface area contributed by atoms with Crippen LogP contribution >= 0.6 is 0 Å². The van der Waals surface area contributed by atoms with Crippen LogP contribution in [0.3, 0.4) is 0 Å². The second-order valence-corrected chi connectivity index (χ2v) is 11.7. The molecule has 0 saturated heterocycles. The number of para-hydroxylation sites is 5. The maximum Gasteiger partial charge on any atom is 0.172 e. The van der Waals surface area contributed by atoms with Crippen LogP contribution < -0.4 is 9.47 Å². The summed E-state index contributed by atoms with van der Waals surface area (Å²) < 4.78 is 17.6. The molecule has 10 aromatic rings. The third kappa shape index (κ3) is 2.65. The molecule has 0 atom stereocenters. The molecule has 1 aliphatic heterocycles. The molecule has 0 spiro atoms. The second kappa shape index (κ2) is 7.88. The highest BCUT2D eigenvalue weighted by Crippen LogP contribution is 2.50. The predicted octanol–water partition coefficient (Wildman–Crippen LogP) is 11.0. The zero-order valence-corrected chi connectivity index (χ0v) is 23.4. The Morgan fingerprint density at radius 2 is 0.932 bits per heavy atom. The summed E-state index contributed by atoms with van der Waals surface area (Å²) in [6.45, 7) is 0. The van der Waals surface area contributed by atoms with Gasteiger partial charge in [0.1, 0.15) is 0 Å². The number of rotatable bonds is 1. The van der Waals surface area contributed by atoms with E-state index in [-0.39, 0.29) is 0 Å². The third-order valence-corrected chi connectivity index (χ3v) is 9.46. The lowest BCUT2D eigenvalue weighted by Gasteiger charge is -2.21. The zero-order valence-electron chi connectivity index (χ0n) is 23.4. The van der Waals surface area contributed by atoms with Crippen LogP contribution in [0.15, 0.2) is 133 Å². The smallest absolute Gasteiger partial charge is 0.172 e. The Hall–Kier alpha value is -6.00. The number of aromatic nitrogens is 2. The summed E-state index contributed by atoms with van der Waals surface area (Å²) in [5.74, 6) is 2.88. The number of nitrogens with zero attached hydrogens (tertiary/aromatic N) is 2. The van der Waals surface area contributed by atoms with E-state index in [2.05, 4.69) is 112 Å². The number of hydrogen-bond acceptors (Lipinski definition) is 2. The fourth-order valence-corrected chi connectivity index (χ4v) is 7.77. The lowest BCUT2D eigenvalue weighted by molar-refractivity contribution is 0.359. The first-order valence-corrected chi connectivity index (χ1v) is 14.9. The summed E-state index contributed by atoms with van der Waals surface area (Å²) in [5.41, 5.74) is 7.09. The quantitative estimate of drug-likeness (QED) is 0.199. The summed E-state index contributed by atoms with van der Waals surface area (Å²) in [7, 11) is 0. The number of ether oxygens (including phenoxy) is 2. The van der Waals surface area contributed by atoms with Crippen LogP contribution in [0.1, 0.15) is 0 Å². The summed E-state index contributed by atoms with van der Waals surface area (Å²) >= 11 is 0. The Labute approximate surface area is 250 Å². The average Bonchev–Trinajstić information content (AvgIpc) is 3.73. The van der Waals surface area contributed by atoms with Crippen LogP contribution in [0.25, 0.3) is 76.4 Å². The van der Waals surface area contributed by atoms with Crippen molar-refractivity contribution < 1.29 is 9.47 Å². The Morgan fingerprint density at radius 1 is 0.364 bits per heavy atom. The molecule has 11 rings (SSSR count). The monoisotopic (exact) mass is 562 g/mol. The molecule has 3 aromatic heterocycles. The van der Waals surface area contributed by atoms with Crippen molar-refractivity contribution in [3.8, 4) is 28.7 Å². The van der Waals surface area contributed by atoms with E-state index in [1.54, 1.807) is 0 Å². The van der Waals surface area contributed by atoms with E-state index in [0.29, 0.717) is 5.75 Å². The van der Waals surface area contributed by atoms with E-state index < -0.39 is 0 Å².